The summed E-state index contributed by atoms with van der Waals surface area (Å²) < 4.78 is 16.8. The van der Waals surface area contributed by atoms with Crippen molar-refractivity contribution in [2.24, 2.45) is 0 Å². The van der Waals surface area contributed by atoms with Crippen molar-refractivity contribution in [3.8, 4) is 0 Å². The van der Waals surface area contributed by atoms with Crippen molar-refractivity contribution >= 4 is 17.9 Å². The first-order chi connectivity index (χ1) is 34.0. The van der Waals surface area contributed by atoms with Gasteiger partial charge in [-0.3, -0.25) is 14.4 Å². The van der Waals surface area contributed by atoms with E-state index in [4.69, 9.17) is 14.2 Å². The summed E-state index contributed by atoms with van der Waals surface area (Å²) in [6, 6.07) is 0. The first-order valence-electron chi connectivity index (χ1n) is 28.4. The molecule has 0 aromatic heterocycles. The van der Waals surface area contributed by atoms with E-state index in [0.717, 1.165) is 96.3 Å². The molecule has 0 N–H and O–H groups in total. The lowest BCUT2D eigenvalue weighted by Crippen LogP contribution is -2.30. The molecular formula is C63H104O6. The van der Waals surface area contributed by atoms with Gasteiger partial charge in [0.05, 0.1) is 0 Å². The van der Waals surface area contributed by atoms with Gasteiger partial charge in [0, 0.05) is 19.3 Å². The summed E-state index contributed by atoms with van der Waals surface area (Å²) in [5, 5.41) is 0. The minimum Gasteiger partial charge on any atom is -0.462 e. The van der Waals surface area contributed by atoms with Crippen LogP contribution in [0.2, 0.25) is 0 Å². The molecule has 0 aliphatic carbocycles. The maximum Gasteiger partial charge on any atom is 0.306 e. The fourth-order valence-electron chi connectivity index (χ4n) is 7.62. The predicted octanol–water partition coefficient (Wildman–Crippen LogP) is 19.1. The molecule has 0 saturated carbocycles. The lowest BCUT2D eigenvalue weighted by molar-refractivity contribution is -0.166. The highest BCUT2D eigenvalue weighted by Crippen LogP contribution is 2.15. The third-order valence-electron chi connectivity index (χ3n) is 11.9. The van der Waals surface area contributed by atoms with E-state index < -0.39 is 6.10 Å². The molecule has 0 aromatic carbocycles. The molecule has 0 radical (unpaired) electrons. The van der Waals surface area contributed by atoms with Crippen LogP contribution in [0, 0.1) is 0 Å². The second kappa shape index (κ2) is 56.7. The molecule has 392 valence electrons. The number of esters is 3. The van der Waals surface area contributed by atoms with Crippen LogP contribution in [0.25, 0.3) is 0 Å². The molecule has 0 aliphatic heterocycles. The molecule has 0 saturated heterocycles. The summed E-state index contributed by atoms with van der Waals surface area (Å²) in [6.07, 6.45) is 76.5. The number of rotatable bonds is 50. The van der Waals surface area contributed by atoms with Crippen molar-refractivity contribution in [1.82, 2.24) is 0 Å². The van der Waals surface area contributed by atoms with Crippen molar-refractivity contribution in [3.63, 3.8) is 0 Å². The molecule has 6 heteroatoms. The molecule has 0 spiro atoms. The summed E-state index contributed by atoms with van der Waals surface area (Å²) in [6.45, 7) is 6.41. The molecule has 0 aromatic rings. The molecule has 0 rings (SSSR count). The van der Waals surface area contributed by atoms with Gasteiger partial charge in [-0.2, -0.15) is 0 Å². The number of carbonyl (C=O) groups excluding carboxylic acids is 3. The van der Waals surface area contributed by atoms with Crippen LogP contribution < -0.4 is 0 Å². The highest BCUT2D eigenvalue weighted by atomic mass is 16.6. The van der Waals surface area contributed by atoms with Crippen LogP contribution in [0.15, 0.2) is 109 Å². The monoisotopic (exact) mass is 957 g/mol. The normalized spacial score (nSPS) is 12.9. The Morgan fingerprint density at radius 2 is 0.652 bits per heavy atom. The number of hydrogen-bond donors (Lipinski definition) is 0. The van der Waals surface area contributed by atoms with Crippen LogP contribution in [0.1, 0.15) is 252 Å². The number of ether oxygens (including phenoxy) is 3. The Labute approximate surface area is 425 Å². The number of carbonyl (C=O) groups is 3. The third kappa shape index (κ3) is 54.9. The Balaban J connectivity index is 4.53. The number of hydrogen-bond acceptors (Lipinski definition) is 6. The molecule has 6 nitrogen and oxygen atoms in total. The summed E-state index contributed by atoms with van der Waals surface area (Å²) >= 11 is 0. The lowest BCUT2D eigenvalue weighted by Gasteiger charge is -2.18. The predicted molar refractivity (Wildman–Crippen MR) is 297 cm³/mol. The van der Waals surface area contributed by atoms with Crippen molar-refractivity contribution in [2.75, 3.05) is 13.2 Å². The van der Waals surface area contributed by atoms with E-state index in [1.807, 2.05) is 6.08 Å². The van der Waals surface area contributed by atoms with Crippen LogP contribution in [0.5, 0.6) is 0 Å². The van der Waals surface area contributed by atoms with Gasteiger partial charge < -0.3 is 14.2 Å². The van der Waals surface area contributed by atoms with E-state index in [9.17, 15) is 14.4 Å². The van der Waals surface area contributed by atoms with Crippen LogP contribution in [0.4, 0.5) is 0 Å². The van der Waals surface area contributed by atoms with Gasteiger partial charge in [-0.05, 0) is 77.0 Å². The summed E-state index contributed by atoms with van der Waals surface area (Å²) in [7, 11) is 0. The highest BCUT2D eigenvalue weighted by Gasteiger charge is 2.19. The Hall–Kier alpha value is -3.93. The van der Waals surface area contributed by atoms with Crippen LogP contribution in [-0.2, 0) is 28.6 Å². The minimum atomic E-state index is -0.819. The molecule has 69 heavy (non-hydrogen) atoms. The molecule has 0 amide bonds. The van der Waals surface area contributed by atoms with Gasteiger partial charge in [0.2, 0.25) is 0 Å². The van der Waals surface area contributed by atoms with Gasteiger partial charge in [-0.25, -0.2) is 0 Å². The largest absolute Gasteiger partial charge is 0.462 e. The summed E-state index contributed by atoms with van der Waals surface area (Å²) in [4.78, 5) is 38.1. The van der Waals surface area contributed by atoms with Crippen molar-refractivity contribution < 1.29 is 28.6 Å². The van der Waals surface area contributed by atoms with Gasteiger partial charge in [-0.1, -0.05) is 265 Å². The quantitative estimate of drug-likeness (QED) is 0.0199. The molecule has 0 bridgehead atoms. The van der Waals surface area contributed by atoms with Crippen molar-refractivity contribution in [2.45, 2.75) is 258 Å². The second-order valence-corrected chi connectivity index (χ2v) is 18.6. The van der Waals surface area contributed by atoms with E-state index >= 15 is 0 Å². The van der Waals surface area contributed by atoms with Crippen molar-refractivity contribution in [3.05, 3.63) is 109 Å². The summed E-state index contributed by atoms with van der Waals surface area (Å²) in [5.74, 6) is -1.02. The van der Waals surface area contributed by atoms with Gasteiger partial charge in [-0.15, -0.1) is 0 Å². The van der Waals surface area contributed by atoms with E-state index in [1.54, 1.807) is 0 Å². The first-order valence-corrected chi connectivity index (χ1v) is 28.4. The minimum absolute atomic E-state index is 0.113. The second-order valence-electron chi connectivity index (χ2n) is 18.6. The Morgan fingerprint density at radius 3 is 1.10 bits per heavy atom. The maximum atomic E-state index is 12.9. The van der Waals surface area contributed by atoms with Gasteiger partial charge in [0.1, 0.15) is 13.2 Å². The van der Waals surface area contributed by atoms with E-state index in [-0.39, 0.29) is 37.5 Å². The fraction of sp³-hybridized carbons (Fsp3) is 0.667. The average molecular weight is 958 g/mol. The number of unbranched alkanes of at least 4 members (excludes halogenated alkanes) is 24. The van der Waals surface area contributed by atoms with Gasteiger partial charge in [0.15, 0.2) is 6.10 Å². The molecule has 1 atom stereocenters. The Bertz CT molecular complexity index is 1420. The highest BCUT2D eigenvalue weighted by molar-refractivity contribution is 5.71. The molecule has 0 aliphatic rings. The van der Waals surface area contributed by atoms with Crippen LogP contribution >= 0.6 is 0 Å². The average Bonchev–Trinajstić information content (AvgIpc) is 3.35. The lowest BCUT2D eigenvalue weighted by atomic mass is 10.0. The Kier molecular flexibility index (Phi) is 53.4. The molecular weight excluding hydrogens is 853 g/mol. The molecule has 0 fully saturated rings. The number of allylic oxidation sites excluding steroid dienone is 18. The fourth-order valence-corrected chi connectivity index (χ4v) is 7.62. The SMILES string of the molecule is CC/C=C\C/C=C\C/C=C\C/C=C\C/C=C\CCC(=O)OCC(COC(=O)CCCCCCC\C=C/C=C\C=C/C=C\CCCCC)OC(=O)CCCCCCCCCCCCCCCCCCC. The zero-order valence-electron chi connectivity index (χ0n) is 44.8. The third-order valence-corrected chi connectivity index (χ3v) is 11.9. The van der Waals surface area contributed by atoms with Crippen molar-refractivity contribution in [1.29, 1.82) is 0 Å². The molecule has 1 unspecified atom stereocenters. The van der Waals surface area contributed by atoms with Crippen LogP contribution in [0.3, 0.4) is 0 Å². The van der Waals surface area contributed by atoms with Gasteiger partial charge >= 0.3 is 17.9 Å². The zero-order chi connectivity index (χ0) is 50.0. The molecule has 0 heterocycles. The zero-order valence-corrected chi connectivity index (χ0v) is 44.8. The van der Waals surface area contributed by atoms with E-state index in [0.29, 0.717) is 19.3 Å². The van der Waals surface area contributed by atoms with E-state index in [2.05, 4.69) is 124 Å². The first kappa shape index (κ1) is 65.1. The topological polar surface area (TPSA) is 78.9 Å². The smallest absolute Gasteiger partial charge is 0.306 e. The maximum absolute atomic E-state index is 12.9. The standard InChI is InChI=1S/C63H104O6/c1-4-7-10-13-16-19-22-25-28-31-33-35-38-41-44-47-50-53-56-62(65)68-59-60(58-67-61(64)55-52-49-46-43-40-37-34-30-27-24-21-18-15-12-9-6-3)69-63(66)57-54-51-48-45-42-39-36-32-29-26-23-20-17-14-11-8-5-2/h9,12,16,18-19,21-22,25,27-28,30-31,33,35,37,40,46,49,60H,4-8,10-11,13-15,17,20,23-24,26,29,32,34,36,38-39,41-45,47-48,50-59H2,1-3H3/b12-9-,19-16-,21-18-,25-22-,30-27-,31-28-,35-33-,40-37-,49-46-. The van der Waals surface area contributed by atoms with Crippen LogP contribution in [-0.4, -0.2) is 37.2 Å². The van der Waals surface area contributed by atoms with E-state index in [1.165, 1.54) is 109 Å². The summed E-state index contributed by atoms with van der Waals surface area (Å²) in [5.41, 5.74) is 0. The Morgan fingerprint density at radius 1 is 0.319 bits per heavy atom. The van der Waals surface area contributed by atoms with Gasteiger partial charge in [0.25, 0.3) is 0 Å².